The third kappa shape index (κ3) is 3.86. The molecule has 128 valence electrons. The quantitative estimate of drug-likeness (QED) is 0.352. The molecule has 0 saturated carbocycles. The molecule has 3 N–H and O–H groups in total. The summed E-state index contributed by atoms with van der Waals surface area (Å²) in [5.41, 5.74) is 1.52. The summed E-state index contributed by atoms with van der Waals surface area (Å²) in [6, 6.07) is 12.5. The fraction of sp³-hybridized carbons (Fsp3) is 0.118. The van der Waals surface area contributed by atoms with E-state index in [1.807, 2.05) is 30.3 Å². The zero-order valence-corrected chi connectivity index (χ0v) is 13.9. The predicted octanol–water partition coefficient (Wildman–Crippen LogP) is 3.78. The predicted molar refractivity (Wildman–Crippen MR) is 96.2 cm³/mol. The second-order valence-electron chi connectivity index (χ2n) is 5.32. The Morgan fingerprint density at radius 3 is 2.68 bits per heavy atom. The lowest BCUT2D eigenvalue weighted by molar-refractivity contribution is -0.385. The average molecular weight is 357 g/mol. The Balaban J connectivity index is 1.72. The summed E-state index contributed by atoms with van der Waals surface area (Å²) in [5, 5.41) is 35.8. The molecule has 3 aromatic rings. The van der Waals surface area contributed by atoms with Crippen molar-refractivity contribution in [1.29, 1.82) is 0 Å². The number of phenols is 2. The number of phenolic OH excluding ortho intramolecular Hbond substituents is 2. The molecule has 2 aromatic carbocycles. The number of thiazole rings is 1. The molecule has 1 aromatic heterocycles. The molecule has 3 rings (SSSR count). The van der Waals surface area contributed by atoms with Crippen LogP contribution in [0.25, 0.3) is 11.3 Å². The van der Waals surface area contributed by atoms with Crippen molar-refractivity contribution in [1.82, 2.24) is 4.98 Å². The van der Waals surface area contributed by atoms with Crippen molar-refractivity contribution in [3.8, 4) is 22.8 Å². The Kier molecular flexibility index (Phi) is 4.80. The highest BCUT2D eigenvalue weighted by Crippen LogP contribution is 2.39. The maximum absolute atomic E-state index is 10.9. The maximum atomic E-state index is 10.9. The molecule has 0 bridgehead atoms. The molecule has 0 atom stereocenters. The van der Waals surface area contributed by atoms with E-state index in [0.29, 0.717) is 22.9 Å². The number of rotatable bonds is 6. The van der Waals surface area contributed by atoms with Crippen LogP contribution in [0.2, 0.25) is 0 Å². The number of nitro benzene ring substituents is 1. The molecule has 0 radical (unpaired) electrons. The molecule has 0 spiro atoms. The second-order valence-corrected chi connectivity index (χ2v) is 6.18. The lowest BCUT2D eigenvalue weighted by Gasteiger charge is -2.03. The van der Waals surface area contributed by atoms with Gasteiger partial charge < -0.3 is 15.5 Å². The molecule has 0 aliphatic carbocycles. The Morgan fingerprint density at radius 2 is 1.96 bits per heavy atom. The molecule has 0 unspecified atom stereocenters. The van der Waals surface area contributed by atoms with Crippen LogP contribution in [0.15, 0.2) is 47.8 Å². The number of anilines is 1. The van der Waals surface area contributed by atoms with Gasteiger partial charge in [-0.05, 0) is 18.1 Å². The number of benzene rings is 2. The van der Waals surface area contributed by atoms with Crippen molar-refractivity contribution >= 4 is 22.2 Å². The number of nitrogens with zero attached hydrogens (tertiary/aromatic N) is 2. The number of nitro groups is 1. The van der Waals surface area contributed by atoms with Gasteiger partial charge in [-0.2, -0.15) is 0 Å². The third-order valence-electron chi connectivity index (χ3n) is 3.60. The summed E-state index contributed by atoms with van der Waals surface area (Å²) in [5.74, 6) is -1.29. The van der Waals surface area contributed by atoms with Gasteiger partial charge in [-0.3, -0.25) is 10.1 Å². The van der Waals surface area contributed by atoms with Crippen LogP contribution in [0.5, 0.6) is 11.5 Å². The zero-order valence-electron chi connectivity index (χ0n) is 13.0. The number of hydrogen-bond donors (Lipinski definition) is 3. The molecule has 25 heavy (non-hydrogen) atoms. The number of aromatic hydroxyl groups is 2. The Morgan fingerprint density at radius 1 is 1.20 bits per heavy atom. The highest BCUT2D eigenvalue weighted by atomic mass is 32.1. The molecule has 0 amide bonds. The number of aromatic nitrogens is 1. The van der Waals surface area contributed by atoms with Crippen molar-refractivity contribution in [2.24, 2.45) is 0 Å². The van der Waals surface area contributed by atoms with Gasteiger partial charge in [0.1, 0.15) is 0 Å². The SMILES string of the molecule is O=[N+]([O-])c1cc(-c2csc(NCCc3ccccc3)n2)cc(O)c1O. The standard InChI is InChI=1S/C17H15N3O4S/c21-15-9-12(8-14(16(15)22)20(23)24)13-10-25-17(19-13)18-7-6-11-4-2-1-3-5-11/h1-5,8-10,21-22H,6-7H2,(H,18,19). The molecule has 8 heteroatoms. The van der Waals surface area contributed by atoms with Crippen LogP contribution in [-0.2, 0) is 6.42 Å². The minimum Gasteiger partial charge on any atom is -0.504 e. The van der Waals surface area contributed by atoms with E-state index in [1.165, 1.54) is 29.0 Å². The average Bonchev–Trinajstić information content (AvgIpc) is 3.07. The first-order chi connectivity index (χ1) is 12.0. The van der Waals surface area contributed by atoms with Gasteiger partial charge in [0, 0.05) is 23.6 Å². The van der Waals surface area contributed by atoms with Gasteiger partial charge in [-0.15, -0.1) is 11.3 Å². The van der Waals surface area contributed by atoms with Gasteiger partial charge in [0.25, 0.3) is 0 Å². The molecule has 0 fully saturated rings. The van der Waals surface area contributed by atoms with Gasteiger partial charge >= 0.3 is 5.69 Å². The fourth-order valence-corrected chi connectivity index (χ4v) is 3.09. The lowest BCUT2D eigenvalue weighted by atomic mass is 10.1. The van der Waals surface area contributed by atoms with Crippen molar-refractivity contribution in [3.05, 3.63) is 63.5 Å². The molecular weight excluding hydrogens is 342 g/mol. The van der Waals surface area contributed by atoms with E-state index in [1.54, 1.807) is 5.38 Å². The first-order valence-corrected chi connectivity index (χ1v) is 8.36. The minimum atomic E-state index is -0.746. The third-order valence-corrected chi connectivity index (χ3v) is 4.40. The Labute approximate surface area is 147 Å². The molecule has 0 aliphatic heterocycles. The molecule has 0 aliphatic rings. The van der Waals surface area contributed by atoms with Crippen LogP contribution < -0.4 is 5.32 Å². The summed E-state index contributed by atoms with van der Waals surface area (Å²) >= 11 is 1.37. The van der Waals surface area contributed by atoms with Gasteiger partial charge in [-0.1, -0.05) is 30.3 Å². The van der Waals surface area contributed by atoms with Crippen LogP contribution >= 0.6 is 11.3 Å². The van der Waals surface area contributed by atoms with E-state index in [9.17, 15) is 20.3 Å². The largest absolute Gasteiger partial charge is 0.504 e. The molecular formula is C17H15N3O4S. The van der Waals surface area contributed by atoms with Gasteiger partial charge in [0.15, 0.2) is 10.9 Å². The van der Waals surface area contributed by atoms with E-state index in [0.717, 1.165) is 6.42 Å². The first-order valence-electron chi connectivity index (χ1n) is 7.48. The minimum absolute atomic E-state index is 0.370. The smallest absolute Gasteiger partial charge is 0.315 e. The van der Waals surface area contributed by atoms with Crippen molar-refractivity contribution in [2.75, 3.05) is 11.9 Å². The maximum Gasteiger partial charge on any atom is 0.315 e. The zero-order chi connectivity index (χ0) is 17.8. The van der Waals surface area contributed by atoms with Crippen LogP contribution in [0.3, 0.4) is 0 Å². The Hall–Kier alpha value is -3.13. The normalized spacial score (nSPS) is 10.6. The number of nitrogens with one attached hydrogen (secondary N) is 1. The molecule has 1 heterocycles. The van der Waals surface area contributed by atoms with Crippen molar-refractivity contribution in [2.45, 2.75) is 6.42 Å². The van der Waals surface area contributed by atoms with Crippen molar-refractivity contribution in [3.63, 3.8) is 0 Å². The van der Waals surface area contributed by atoms with E-state index < -0.39 is 22.1 Å². The van der Waals surface area contributed by atoms with Crippen LogP contribution in [-0.4, -0.2) is 26.7 Å². The number of hydrogen-bond acceptors (Lipinski definition) is 7. The topological polar surface area (TPSA) is 109 Å². The van der Waals surface area contributed by atoms with Crippen LogP contribution in [0.4, 0.5) is 10.8 Å². The summed E-state index contributed by atoms with van der Waals surface area (Å²) < 4.78 is 0. The highest BCUT2D eigenvalue weighted by molar-refractivity contribution is 7.14. The van der Waals surface area contributed by atoms with E-state index >= 15 is 0 Å². The molecule has 7 nitrogen and oxygen atoms in total. The summed E-state index contributed by atoms with van der Waals surface area (Å²) in [6.07, 6.45) is 0.848. The fourth-order valence-electron chi connectivity index (χ4n) is 2.34. The summed E-state index contributed by atoms with van der Waals surface area (Å²) in [6.45, 7) is 0.706. The molecule has 0 saturated heterocycles. The van der Waals surface area contributed by atoms with E-state index in [2.05, 4.69) is 10.3 Å². The first kappa shape index (κ1) is 16.7. The van der Waals surface area contributed by atoms with Gasteiger partial charge in [-0.25, -0.2) is 4.98 Å². The van der Waals surface area contributed by atoms with Crippen LogP contribution in [0.1, 0.15) is 5.56 Å². The second kappa shape index (κ2) is 7.18. The van der Waals surface area contributed by atoms with Crippen LogP contribution in [0, 0.1) is 10.1 Å². The monoisotopic (exact) mass is 357 g/mol. The highest BCUT2D eigenvalue weighted by Gasteiger charge is 2.20. The van der Waals surface area contributed by atoms with Crippen molar-refractivity contribution < 1.29 is 15.1 Å². The summed E-state index contributed by atoms with van der Waals surface area (Å²) in [7, 11) is 0. The summed E-state index contributed by atoms with van der Waals surface area (Å²) in [4.78, 5) is 14.6. The lowest BCUT2D eigenvalue weighted by Crippen LogP contribution is -2.04. The van der Waals surface area contributed by atoms with E-state index in [4.69, 9.17) is 0 Å². The Bertz CT molecular complexity index is 896. The van der Waals surface area contributed by atoms with Gasteiger partial charge in [0.2, 0.25) is 5.75 Å². The van der Waals surface area contributed by atoms with Gasteiger partial charge in [0.05, 0.1) is 10.6 Å². The van der Waals surface area contributed by atoms with E-state index in [-0.39, 0.29) is 0 Å².